The van der Waals surface area contributed by atoms with E-state index >= 15 is 0 Å². The second kappa shape index (κ2) is 12.0. The van der Waals surface area contributed by atoms with Gasteiger partial charge in [-0.05, 0) is 83.8 Å². The van der Waals surface area contributed by atoms with Crippen LogP contribution < -0.4 is 15.5 Å². The van der Waals surface area contributed by atoms with Gasteiger partial charge in [0.15, 0.2) is 0 Å². The molecule has 3 amide bonds. The Morgan fingerprint density at radius 2 is 1.68 bits per heavy atom. The zero-order valence-electron chi connectivity index (χ0n) is 23.9. The molecule has 0 bridgehead atoms. The summed E-state index contributed by atoms with van der Waals surface area (Å²) in [5, 5.41) is 7.80. The molecule has 0 saturated carbocycles. The van der Waals surface area contributed by atoms with Crippen molar-refractivity contribution in [3.05, 3.63) is 32.0 Å². The van der Waals surface area contributed by atoms with Crippen LogP contribution in [0.4, 0.5) is 19.6 Å². The molecule has 2 N–H and O–H groups in total. The van der Waals surface area contributed by atoms with E-state index in [0.29, 0.717) is 36.8 Å². The van der Waals surface area contributed by atoms with Crippen molar-refractivity contribution in [2.24, 2.45) is 0 Å². The van der Waals surface area contributed by atoms with Gasteiger partial charge in [-0.2, -0.15) is 0 Å². The van der Waals surface area contributed by atoms with E-state index in [-0.39, 0.29) is 18.1 Å². The Kier molecular flexibility index (Phi) is 8.61. The predicted molar refractivity (Wildman–Crippen MR) is 159 cm³/mol. The highest BCUT2D eigenvalue weighted by atomic mass is 32.1. The lowest BCUT2D eigenvalue weighted by Crippen LogP contribution is -2.39. The Bertz CT molecular complexity index is 1270. The molecule has 2 aromatic heterocycles. The van der Waals surface area contributed by atoms with Gasteiger partial charge in [-0.25, -0.2) is 14.4 Å². The molecule has 4 heterocycles. The van der Waals surface area contributed by atoms with Crippen LogP contribution in [0.3, 0.4) is 0 Å². The van der Waals surface area contributed by atoms with E-state index in [1.165, 1.54) is 26.8 Å². The first-order valence-corrected chi connectivity index (χ1v) is 16.0. The van der Waals surface area contributed by atoms with Crippen molar-refractivity contribution in [1.82, 2.24) is 10.2 Å². The van der Waals surface area contributed by atoms with Crippen LogP contribution in [0.1, 0.15) is 90.2 Å². The first kappa shape index (κ1) is 28.7. The summed E-state index contributed by atoms with van der Waals surface area (Å²) in [6.45, 7) is 11.2. The van der Waals surface area contributed by atoms with Crippen molar-refractivity contribution in [2.45, 2.75) is 91.3 Å². The molecule has 2 aromatic rings. The lowest BCUT2D eigenvalue weighted by atomic mass is 9.95. The normalized spacial score (nSPS) is 16.8. The molecule has 1 fully saturated rings. The SMILES string of the molecule is CCOC(=O)c1c(NC(=O)NCc2c(N3CCCC3)sc3c2CCN(C(=O)OC(C)(C)C)C3)sc2c1CCCC2. The smallest absolute Gasteiger partial charge is 0.410 e. The molecule has 11 heteroatoms. The summed E-state index contributed by atoms with van der Waals surface area (Å²) in [5.74, 6) is -0.366. The minimum Gasteiger partial charge on any atom is -0.462 e. The van der Waals surface area contributed by atoms with Crippen molar-refractivity contribution in [3.8, 4) is 0 Å². The van der Waals surface area contributed by atoms with E-state index in [2.05, 4.69) is 15.5 Å². The quantitative estimate of drug-likeness (QED) is 0.397. The number of amides is 3. The number of carbonyl (C=O) groups is 3. The highest BCUT2D eigenvalue weighted by Gasteiger charge is 2.32. The summed E-state index contributed by atoms with van der Waals surface area (Å²) in [4.78, 5) is 45.2. The molecule has 3 aliphatic rings. The Hall–Kier alpha value is -2.79. The Morgan fingerprint density at radius 3 is 2.40 bits per heavy atom. The van der Waals surface area contributed by atoms with Crippen LogP contribution >= 0.6 is 22.7 Å². The van der Waals surface area contributed by atoms with Gasteiger partial charge >= 0.3 is 18.1 Å². The summed E-state index contributed by atoms with van der Waals surface area (Å²) < 4.78 is 11.0. The third-order valence-corrected chi connectivity index (χ3v) is 10.0. The number of aryl methyl sites for hydroxylation is 1. The highest BCUT2D eigenvalue weighted by Crippen LogP contribution is 2.41. The summed E-state index contributed by atoms with van der Waals surface area (Å²) in [6, 6.07) is -0.331. The first-order chi connectivity index (χ1) is 19.1. The molecule has 0 spiro atoms. The van der Waals surface area contributed by atoms with E-state index < -0.39 is 5.60 Å². The molecule has 1 aliphatic carbocycles. The molecule has 218 valence electrons. The summed E-state index contributed by atoms with van der Waals surface area (Å²) in [5.41, 5.74) is 3.38. The second-order valence-electron chi connectivity index (χ2n) is 11.6. The van der Waals surface area contributed by atoms with E-state index in [0.717, 1.165) is 74.0 Å². The van der Waals surface area contributed by atoms with Gasteiger partial charge in [0.1, 0.15) is 10.6 Å². The number of esters is 1. The number of nitrogens with zero attached hydrogens (tertiary/aromatic N) is 2. The van der Waals surface area contributed by atoms with Gasteiger partial charge < -0.3 is 24.6 Å². The van der Waals surface area contributed by atoms with Crippen molar-refractivity contribution >= 4 is 50.8 Å². The number of nitrogens with one attached hydrogen (secondary N) is 2. The van der Waals surface area contributed by atoms with E-state index in [4.69, 9.17) is 9.47 Å². The van der Waals surface area contributed by atoms with Crippen LogP contribution in [0.2, 0.25) is 0 Å². The van der Waals surface area contributed by atoms with Gasteiger partial charge in [-0.15, -0.1) is 22.7 Å². The lowest BCUT2D eigenvalue weighted by Gasteiger charge is -2.30. The largest absolute Gasteiger partial charge is 0.462 e. The number of hydrogen-bond acceptors (Lipinski definition) is 8. The number of anilines is 2. The monoisotopic (exact) mass is 588 g/mol. The second-order valence-corrected chi connectivity index (χ2v) is 13.8. The Balaban J connectivity index is 1.32. The molecular formula is C29H40N4O5S2. The number of thiophene rings is 2. The minimum atomic E-state index is -0.537. The van der Waals surface area contributed by atoms with Gasteiger partial charge in [0.25, 0.3) is 0 Å². The topological polar surface area (TPSA) is 100 Å². The molecule has 0 atom stereocenters. The highest BCUT2D eigenvalue weighted by molar-refractivity contribution is 7.17. The lowest BCUT2D eigenvalue weighted by molar-refractivity contribution is 0.0226. The third kappa shape index (κ3) is 6.25. The Labute approximate surface area is 244 Å². The minimum absolute atomic E-state index is 0.288. The van der Waals surface area contributed by atoms with Gasteiger partial charge in [-0.1, -0.05) is 0 Å². The van der Waals surface area contributed by atoms with Crippen LogP contribution in [0.15, 0.2) is 0 Å². The zero-order chi connectivity index (χ0) is 28.4. The van der Waals surface area contributed by atoms with Gasteiger partial charge in [0.2, 0.25) is 0 Å². The molecule has 0 unspecified atom stereocenters. The van der Waals surface area contributed by atoms with E-state index in [1.807, 2.05) is 20.8 Å². The fraction of sp³-hybridized carbons (Fsp3) is 0.621. The zero-order valence-corrected chi connectivity index (χ0v) is 25.6. The maximum Gasteiger partial charge on any atom is 0.410 e. The number of ether oxygens (including phenoxy) is 2. The molecule has 0 radical (unpaired) electrons. The number of carbonyl (C=O) groups excluding carboxylic acids is 3. The van der Waals surface area contributed by atoms with Crippen molar-refractivity contribution in [1.29, 1.82) is 0 Å². The third-order valence-electron chi connectivity index (χ3n) is 7.49. The van der Waals surface area contributed by atoms with Gasteiger partial charge in [0, 0.05) is 41.5 Å². The summed E-state index contributed by atoms with van der Waals surface area (Å²) in [7, 11) is 0. The van der Waals surface area contributed by atoms with Crippen molar-refractivity contribution in [2.75, 3.05) is 36.5 Å². The van der Waals surface area contributed by atoms with E-state index in [9.17, 15) is 14.4 Å². The molecule has 40 heavy (non-hydrogen) atoms. The molecular weight excluding hydrogens is 548 g/mol. The molecule has 1 saturated heterocycles. The average Bonchev–Trinajstić information content (AvgIpc) is 3.63. The average molecular weight is 589 g/mol. The predicted octanol–water partition coefficient (Wildman–Crippen LogP) is 6.08. The molecule has 0 aromatic carbocycles. The van der Waals surface area contributed by atoms with Crippen LogP contribution in [0.5, 0.6) is 0 Å². The van der Waals surface area contributed by atoms with Crippen LogP contribution in [-0.2, 0) is 41.8 Å². The molecule has 9 nitrogen and oxygen atoms in total. The summed E-state index contributed by atoms with van der Waals surface area (Å²) >= 11 is 3.22. The van der Waals surface area contributed by atoms with E-state index in [1.54, 1.807) is 23.2 Å². The Morgan fingerprint density at radius 1 is 0.925 bits per heavy atom. The fourth-order valence-corrected chi connectivity index (χ4v) is 8.39. The molecule has 5 rings (SSSR count). The number of hydrogen-bond donors (Lipinski definition) is 2. The molecule has 2 aliphatic heterocycles. The van der Waals surface area contributed by atoms with Crippen molar-refractivity contribution in [3.63, 3.8) is 0 Å². The number of urea groups is 1. The maximum absolute atomic E-state index is 13.2. The van der Waals surface area contributed by atoms with Crippen LogP contribution in [0.25, 0.3) is 0 Å². The van der Waals surface area contributed by atoms with Gasteiger partial charge in [-0.3, -0.25) is 5.32 Å². The van der Waals surface area contributed by atoms with Crippen molar-refractivity contribution < 1.29 is 23.9 Å². The number of rotatable bonds is 6. The van der Waals surface area contributed by atoms with Gasteiger partial charge in [0.05, 0.1) is 23.7 Å². The fourth-order valence-electron chi connectivity index (χ4n) is 5.68. The maximum atomic E-state index is 13.2. The summed E-state index contributed by atoms with van der Waals surface area (Å²) in [6.07, 6.45) is 6.64. The standard InChI is InChI=1S/C29H40N4O5S2/c1-5-37-26(34)23-19-10-6-7-11-21(19)39-24(23)31-27(35)30-16-20-18-12-15-33(28(36)38-29(2,3)4)17-22(18)40-25(20)32-13-8-9-14-32/h5-17H2,1-4H3,(H2,30,31,35). The van der Waals surface area contributed by atoms with Crippen LogP contribution in [-0.4, -0.2) is 54.8 Å². The van der Waals surface area contributed by atoms with Crippen LogP contribution in [0, 0.1) is 0 Å². The number of fused-ring (bicyclic) bond motifs is 2. The first-order valence-electron chi connectivity index (χ1n) is 14.4.